The summed E-state index contributed by atoms with van der Waals surface area (Å²) in [7, 11) is 0. The first-order valence-electron chi connectivity index (χ1n) is 9.79. The van der Waals surface area contributed by atoms with Crippen molar-refractivity contribution in [1.29, 1.82) is 0 Å². The lowest BCUT2D eigenvalue weighted by molar-refractivity contribution is 0.102. The van der Waals surface area contributed by atoms with Crippen LogP contribution in [-0.2, 0) is 0 Å². The highest BCUT2D eigenvalue weighted by molar-refractivity contribution is 6.11. The van der Waals surface area contributed by atoms with Crippen LogP contribution in [0.4, 0.5) is 5.69 Å². The second kappa shape index (κ2) is 7.91. The number of aryl methyl sites for hydroxylation is 1. The Morgan fingerprint density at radius 2 is 1.83 bits per heavy atom. The van der Waals surface area contributed by atoms with Crippen LogP contribution in [0.15, 0.2) is 66.9 Å². The van der Waals surface area contributed by atoms with Crippen LogP contribution < -0.4 is 10.1 Å². The number of carbonyl (C=O) groups is 1. The standard InChI is InChI=1S/C24H23N3O3/c1-15(2)18-14-21(30-17-9-5-4-6-10-17)16(3)13-19(18)25-23(28)22-20-11-7-8-12-27(20)26-24(22)29/h4-15H,1-3H3,(H,25,28)(H,26,29). The summed E-state index contributed by atoms with van der Waals surface area (Å²) in [5.74, 6) is 0.930. The van der Waals surface area contributed by atoms with Gasteiger partial charge in [-0.25, -0.2) is 4.52 Å². The molecular weight excluding hydrogens is 378 g/mol. The average molecular weight is 401 g/mol. The molecule has 0 radical (unpaired) electrons. The van der Waals surface area contributed by atoms with Gasteiger partial charge in [0, 0.05) is 11.9 Å². The van der Waals surface area contributed by atoms with Crippen LogP contribution in [0.2, 0.25) is 0 Å². The van der Waals surface area contributed by atoms with Gasteiger partial charge in [0.2, 0.25) is 5.88 Å². The third-order valence-electron chi connectivity index (χ3n) is 4.94. The van der Waals surface area contributed by atoms with Gasteiger partial charge in [0.15, 0.2) is 0 Å². The van der Waals surface area contributed by atoms with Gasteiger partial charge >= 0.3 is 0 Å². The first kappa shape index (κ1) is 19.5. The zero-order valence-electron chi connectivity index (χ0n) is 17.1. The number of rotatable bonds is 5. The van der Waals surface area contributed by atoms with Crippen LogP contribution >= 0.6 is 0 Å². The molecular formula is C24H23N3O3. The van der Waals surface area contributed by atoms with Gasteiger partial charge in [0.25, 0.3) is 5.91 Å². The molecule has 0 bridgehead atoms. The van der Waals surface area contributed by atoms with Crippen molar-refractivity contribution in [2.75, 3.05) is 5.32 Å². The fourth-order valence-corrected chi connectivity index (χ4v) is 3.40. The molecule has 6 heteroatoms. The Labute approximate surface area is 174 Å². The molecule has 0 saturated carbocycles. The van der Waals surface area contributed by atoms with Gasteiger partial charge in [-0.15, -0.1) is 5.10 Å². The zero-order chi connectivity index (χ0) is 21.3. The molecule has 0 spiro atoms. The van der Waals surface area contributed by atoms with Gasteiger partial charge in [0.05, 0.1) is 5.52 Å². The Morgan fingerprint density at radius 3 is 2.57 bits per heavy atom. The molecule has 4 rings (SSSR count). The summed E-state index contributed by atoms with van der Waals surface area (Å²) in [5, 5.41) is 17.2. The number of anilines is 1. The van der Waals surface area contributed by atoms with E-state index < -0.39 is 5.91 Å². The maximum absolute atomic E-state index is 13.0. The SMILES string of the molecule is Cc1cc(NC(=O)c2c(O)nn3ccccc23)c(C(C)C)cc1Oc1ccccc1. The number of fused-ring (bicyclic) bond motifs is 1. The molecule has 2 heterocycles. The van der Waals surface area contributed by atoms with Crippen molar-refractivity contribution in [2.45, 2.75) is 26.7 Å². The molecule has 0 aliphatic carbocycles. The highest BCUT2D eigenvalue weighted by Crippen LogP contribution is 2.35. The molecule has 30 heavy (non-hydrogen) atoms. The van der Waals surface area contributed by atoms with E-state index in [9.17, 15) is 9.90 Å². The second-order valence-electron chi connectivity index (χ2n) is 7.46. The fraction of sp³-hybridized carbons (Fsp3) is 0.167. The van der Waals surface area contributed by atoms with E-state index in [0.29, 0.717) is 11.2 Å². The molecule has 2 aromatic heterocycles. The van der Waals surface area contributed by atoms with Gasteiger partial charge < -0.3 is 15.2 Å². The first-order chi connectivity index (χ1) is 14.4. The van der Waals surface area contributed by atoms with Crippen LogP contribution in [0, 0.1) is 6.92 Å². The Bertz CT molecular complexity index is 1210. The number of hydrogen-bond acceptors (Lipinski definition) is 4. The third kappa shape index (κ3) is 3.72. The summed E-state index contributed by atoms with van der Waals surface area (Å²) in [6, 6.07) is 18.8. The molecule has 2 N–H and O–H groups in total. The predicted molar refractivity (Wildman–Crippen MR) is 117 cm³/mol. The Kier molecular flexibility index (Phi) is 5.14. The maximum atomic E-state index is 13.0. The summed E-state index contributed by atoms with van der Waals surface area (Å²) in [4.78, 5) is 13.0. The molecule has 4 aromatic rings. The largest absolute Gasteiger partial charge is 0.492 e. The minimum Gasteiger partial charge on any atom is -0.492 e. The molecule has 6 nitrogen and oxygen atoms in total. The molecule has 0 fully saturated rings. The summed E-state index contributed by atoms with van der Waals surface area (Å²) < 4.78 is 7.52. The molecule has 0 aliphatic rings. The molecule has 1 amide bonds. The minimum atomic E-state index is -0.410. The lowest BCUT2D eigenvalue weighted by atomic mass is 9.98. The average Bonchev–Trinajstić information content (AvgIpc) is 3.06. The van der Waals surface area contributed by atoms with Gasteiger partial charge in [-0.2, -0.15) is 0 Å². The fourth-order valence-electron chi connectivity index (χ4n) is 3.40. The van der Waals surface area contributed by atoms with Crippen molar-refractivity contribution >= 4 is 17.1 Å². The number of hydrogen-bond donors (Lipinski definition) is 2. The maximum Gasteiger partial charge on any atom is 0.263 e. The van der Waals surface area contributed by atoms with E-state index in [1.54, 1.807) is 24.4 Å². The molecule has 0 atom stereocenters. The van der Waals surface area contributed by atoms with E-state index in [1.807, 2.05) is 49.4 Å². The van der Waals surface area contributed by atoms with E-state index in [0.717, 1.165) is 22.6 Å². The van der Waals surface area contributed by atoms with Crippen molar-refractivity contribution in [3.05, 3.63) is 83.6 Å². The number of para-hydroxylation sites is 1. The highest BCUT2D eigenvalue weighted by Gasteiger charge is 2.21. The molecule has 0 aliphatic heterocycles. The summed E-state index contributed by atoms with van der Waals surface area (Å²) >= 11 is 0. The number of benzene rings is 2. The molecule has 2 aromatic carbocycles. The quantitative estimate of drug-likeness (QED) is 0.462. The first-order valence-corrected chi connectivity index (χ1v) is 9.79. The summed E-state index contributed by atoms with van der Waals surface area (Å²) in [6.45, 7) is 6.05. The molecule has 0 saturated heterocycles. The van der Waals surface area contributed by atoms with E-state index in [-0.39, 0.29) is 17.4 Å². The van der Waals surface area contributed by atoms with Gasteiger partial charge in [-0.3, -0.25) is 4.79 Å². The Balaban J connectivity index is 1.69. The number of aromatic nitrogens is 2. The van der Waals surface area contributed by atoms with E-state index >= 15 is 0 Å². The van der Waals surface area contributed by atoms with Crippen LogP contribution in [0.1, 0.15) is 41.3 Å². The lowest BCUT2D eigenvalue weighted by Crippen LogP contribution is -2.14. The van der Waals surface area contributed by atoms with Gasteiger partial charge in [-0.1, -0.05) is 38.1 Å². The Morgan fingerprint density at radius 1 is 1.10 bits per heavy atom. The highest BCUT2D eigenvalue weighted by atomic mass is 16.5. The number of nitrogens with one attached hydrogen (secondary N) is 1. The van der Waals surface area contributed by atoms with Crippen LogP contribution in [0.5, 0.6) is 17.4 Å². The number of nitrogens with zero attached hydrogens (tertiary/aromatic N) is 2. The summed E-state index contributed by atoms with van der Waals surface area (Å²) in [6.07, 6.45) is 1.69. The zero-order valence-corrected chi connectivity index (χ0v) is 17.1. The second-order valence-corrected chi connectivity index (χ2v) is 7.46. The number of ether oxygens (including phenoxy) is 1. The molecule has 0 unspecified atom stereocenters. The number of carbonyl (C=O) groups excluding carboxylic acids is 1. The van der Waals surface area contributed by atoms with E-state index in [2.05, 4.69) is 24.3 Å². The van der Waals surface area contributed by atoms with Gasteiger partial charge in [-0.05, 0) is 60.4 Å². The van der Waals surface area contributed by atoms with Crippen molar-refractivity contribution in [3.8, 4) is 17.4 Å². The summed E-state index contributed by atoms with van der Waals surface area (Å²) in [5.41, 5.74) is 3.20. The topological polar surface area (TPSA) is 75.9 Å². The van der Waals surface area contributed by atoms with Crippen LogP contribution in [-0.4, -0.2) is 20.6 Å². The Hall–Kier alpha value is -3.80. The number of aromatic hydroxyl groups is 1. The smallest absolute Gasteiger partial charge is 0.263 e. The van der Waals surface area contributed by atoms with E-state index in [4.69, 9.17) is 4.74 Å². The minimum absolute atomic E-state index is 0.146. The number of amides is 1. The van der Waals surface area contributed by atoms with Gasteiger partial charge in [0.1, 0.15) is 17.1 Å². The van der Waals surface area contributed by atoms with E-state index in [1.165, 1.54) is 4.52 Å². The third-order valence-corrected chi connectivity index (χ3v) is 4.94. The van der Waals surface area contributed by atoms with Crippen LogP contribution in [0.25, 0.3) is 5.52 Å². The van der Waals surface area contributed by atoms with Crippen molar-refractivity contribution in [1.82, 2.24) is 9.61 Å². The van der Waals surface area contributed by atoms with Crippen molar-refractivity contribution < 1.29 is 14.6 Å². The van der Waals surface area contributed by atoms with Crippen molar-refractivity contribution in [3.63, 3.8) is 0 Å². The van der Waals surface area contributed by atoms with Crippen LogP contribution in [0.3, 0.4) is 0 Å². The van der Waals surface area contributed by atoms with Crippen molar-refractivity contribution in [2.24, 2.45) is 0 Å². The number of pyridine rings is 1. The lowest BCUT2D eigenvalue weighted by Gasteiger charge is -2.18. The normalized spacial score (nSPS) is 11.1. The monoisotopic (exact) mass is 401 g/mol. The predicted octanol–water partition coefficient (Wildman–Crippen LogP) is 5.52. The molecule has 152 valence electrons.